The van der Waals surface area contributed by atoms with Gasteiger partial charge in [0, 0.05) is 54.5 Å². The number of hydrogen-bond donors (Lipinski definition) is 5. The smallest absolute Gasteiger partial charge is 0.410 e. The van der Waals surface area contributed by atoms with Gasteiger partial charge in [-0.25, -0.2) is 14.2 Å². The molecule has 2 saturated heterocycles. The molecule has 0 saturated carbocycles. The molecular weight excluding hydrogens is 1120 g/mol. The van der Waals surface area contributed by atoms with Crippen molar-refractivity contribution in [2.45, 2.75) is 115 Å². The van der Waals surface area contributed by atoms with Crippen molar-refractivity contribution in [1.29, 1.82) is 0 Å². The number of carbonyl (C=O) groups is 5. The lowest BCUT2D eigenvalue weighted by Gasteiger charge is -2.39. The van der Waals surface area contributed by atoms with Crippen molar-refractivity contribution < 1.29 is 28.7 Å². The van der Waals surface area contributed by atoms with Gasteiger partial charge in [-0.05, 0) is 193 Å². The second kappa shape index (κ2) is 28.1. The van der Waals surface area contributed by atoms with E-state index in [-0.39, 0.29) is 42.8 Å². The van der Waals surface area contributed by atoms with Gasteiger partial charge in [0.25, 0.3) is 0 Å². The van der Waals surface area contributed by atoms with Crippen LogP contribution in [0.4, 0.5) is 4.79 Å². The number of hydrogen-bond acceptors (Lipinski definition) is 15. The van der Waals surface area contributed by atoms with Crippen LogP contribution in [0.3, 0.4) is 0 Å². The van der Waals surface area contributed by atoms with Crippen LogP contribution in [0.15, 0.2) is 147 Å². The predicted octanol–water partition coefficient (Wildman–Crippen LogP) is 7.72. The van der Waals surface area contributed by atoms with Crippen molar-refractivity contribution in [2.24, 2.45) is 0 Å². The molecule has 4 aromatic carbocycles. The van der Waals surface area contributed by atoms with E-state index in [0.29, 0.717) is 52.8 Å². The molecule has 0 bridgehead atoms. The highest BCUT2D eigenvalue weighted by Gasteiger charge is 2.40. The Balaban J connectivity index is 0.000000206. The Morgan fingerprint density at radius 3 is 1.59 bits per heavy atom. The van der Waals surface area contributed by atoms with Gasteiger partial charge < -0.3 is 31.3 Å². The molecule has 10 rings (SSSR count). The molecule has 5 amide bonds. The maximum absolute atomic E-state index is 13.7. The van der Waals surface area contributed by atoms with Gasteiger partial charge in [-0.2, -0.15) is 0 Å². The number of ether oxygens (including phenoxy) is 1. The van der Waals surface area contributed by atoms with Crippen LogP contribution in [0.5, 0.6) is 0 Å². The number of halogens is 2. The van der Waals surface area contributed by atoms with Crippen molar-refractivity contribution >= 4 is 52.9 Å². The van der Waals surface area contributed by atoms with Gasteiger partial charge in [0.15, 0.2) is 0 Å². The monoisotopic (exact) mass is 1190 g/mol. The van der Waals surface area contributed by atoms with E-state index in [2.05, 4.69) is 104 Å². The summed E-state index contributed by atoms with van der Waals surface area (Å²) in [6, 6.07) is 32.1. The minimum Gasteiger partial charge on any atom is -0.444 e. The van der Waals surface area contributed by atoms with E-state index in [0.717, 1.165) is 46.3 Å². The lowest BCUT2D eigenvalue weighted by atomic mass is 9.84. The third-order valence-electron chi connectivity index (χ3n) is 14.7. The van der Waals surface area contributed by atoms with E-state index in [1.165, 1.54) is 32.5 Å². The molecule has 440 valence electrons. The van der Waals surface area contributed by atoms with Crippen molar-refractivity contribution in [3.05, 3.63) is 179 Å². The molecule has 2 aliphatic heterocycles. The normalized spacial score (nSPS) is 17.5. The summed E-state index contributed by atoms with van der Waals surface area (Å²) >= 11 is 12.4. The van der Waals surface area contributed by atoms with E-state index in [1.54, 1.807) is 83.4 Å². The first-order chi connectivity index (χ1) is 41.0. The maximum atomic E-state index is 13.7. The Labute approximate surface area is 501 Å². The Hall–Kier alpha value is -8.99. The molecule has 6 atom stereocenters. The zero-order valence-electron chi connectivity index (χ0n) is 47.6. The molecule has 0 spiro atoms. The lowest BCUT2D eigenvalue weighted by molar-refractivity contribution is -0.132. The van der Waals surface area contributed by atoms with E-state index in [9.17, 15) is 24.0 Å². The van der Waals surface area contributed by atoms with Crippen LogP contribution in [0.25, 0.3) is 33.6 Å². The zero-order chi connectivity index (χ0) is 60.0. The fourth-order valence-corrected chi connectivity index (χ4v) is 10.6. The van der Waals surface area contributed by atoms with Gasteiger partial charge in [-0.3, -0.25) is 34.0 Å². The minimum atomic E-state index is -0.886. The minimum absolute atomic E-state index is 0.0223. The van der Waals surface area contributed by atoms with Gasteiger partial charge in [0.1, 0.15) is 36.4 Å². The van der Waals surface area contributed by atoms with E-state index in [1.807, 2.05) is 48.8 Å². The SMILES string of the molecule is C[C@H](NC(=O)[C@H]1C[C@@H](c2ccc(-c3cccnc3)cc2)CCN1)C(=O)NCc1cc(Cl)ccc1-n1cnnn1.C[C@H](NC(=O)[C@H]1C[C@@H](c2ccc(-c3cccnc3)cc2)CCN1C(=O)OC(C)(C)C)C(=O)NCc1cc(Cl)ccc1-n1cnnn1. The summed E-state index contributed by atoms with van der Waals surface area (Å²) in [5.41, 5.74) is 8.56. The fourth-order valence-electron chi connectivity index (χ4n) is 10.2. The van der Waals surface area contributed by atoms with Crippen LogP contribution in [0.2, 0.25) is 10.0 Å². The molecule has 6 heterocycles. The molecular formula is C61H66Cl2N16O6. The summed E-state index contributed by atoms with van der Waals surface area (Å²) in [7, 11) is 0. The fraction of sp³-hybridized carbons (Fsp3) is 0.328. The molecule has 85 heavy (non-hydrogen) atoms. The average Bonchev–Trinajstić information content (AvgIpc) is 4.39. The van der Waals surface area contributed by atoms with E-state index < -0.39 is 41.6 Å². The third kappa shape index (κ3) is 16.2. The summed E-state index contributed by atoms with van der Waals surface area (Å²) in [6.07, 6.45) is 12.1. The van der Waals surface area contributed by atoms with Crippen LogP contribution in [-0.4, -0.2) is 128 Å². The number of rotatable bonds is 16. The number of nitrogens with zero attached hydrogens (tertiary/aromatic N) is 11. The molecule has 4 aromatic heterocycles. The average molecular weight is 1190 g/mol. The number of benzene rings is 4. The summed E-state index contributed by atoms with van der Waals surface area (Å²) in [5.74, 6) is -1.05. The zero-order valence-corrected chi connectivity index (χ0v) is 49.1. The van der Waals surface area contributed by atoms with E-state index in [4.69, 9.17) is 27.9 Å². The quantitative estimate of drug-likeness (QED) is 0.0620. The molecule has 22 nitrogen and oxygen atoms in total. The van der Waals surface area contributed by atoms with Gasteiger partial charge in [-0.1, -0.05) is 83.9 Å². The topological polar surface area (TPSA) is 271 Å². The lowest BCUT2D eigenvalue weighted by Crippen LogP contribution is -2.57. The van der Waals surface area contributed by atoms with Crippen LogP contribution < -0.4 is 26.6 Å². The number of pyridine rings is 2. The first-order valence-corrected chi connectivity index (χ1v) is 28.7. The maximum Gasteiger partial charge on any atom is 0.410 e. The van der Waals surface area contributed by atoms with E-state index >= 15 is 0 Å². The highest BCUT2D eigenvalue weighted by molar-refractivity contribution is 6.31. The molecule has 8 aromatic rings. The molecule has 2 fully saturated rings. The van der Waals surface area contributed by atoms with Crippen molar-refractivity contribution in [2.75, 3.05) is 13.1 Å². The Kier molecular flexibility index (Phi) is 20.0. The first-order valence-electron chi connectivity index (χ1n) is 27.9. The number of tetrazole rings is 2. The summed E-state index contributed by atoms with van der Waals surface area (Å²) < 4.78 is 8.62. The first kappa shape index (κ1) is 60.6. The largest absolute Gasteiger partial charge is 0.444 e. The molecule has 0 radical (unpaired) electrons. The van der Waals surface area contributed by atoms with Gasteiger partial charge in [0.05, 0.1) is 17.4 Å². The van der Waals surface area contributed by atoms with Crippen molar-refractivity contribution in [1.82, 2.24) is 81.9 Å². The number of likely N-dealkylation sites (tertiary alicyclic amines) is 1. The summed E-state index contributed by atoms with van der Waals surface area (Å²) in [4.78, 5) is 75.8. The Bertz CT molecular complexity index is 3540. The molecule has 0 unspecified atom stereocenters. The highest BCUT2D eigenvalue weighted by atomic mass is 35.5. The van der Waals surface area contributed by atoms with Crippen molar-refractivity contribution in [3.63, 3.8) is 0 Å². The third-order valence-corrected chi connectivity index (χ3v) is 15.2. The predicted molar refractivity (Wildman–Crippen MR) is 319 cm³/mol. The molecule has 2 aliphatic rings. The number of carbonyl (C=O) groups excluding carboxylic acids is 5. The summed E-state index contributed by atoms with van der Waals surface area (Å²) in [6.45, 7) is 10.0. The van der Waals surface area contributed by atoms with Crippen LogP contribution in [0, 0.1) is 0 Å². The molecule has 24 heteroatoms. The number of aromatic nitrogens is 10. The van der Waals surface area contributed by atoms with Crippen molar-refractivity contribution in [3.8, 4) is 33.6 Å². The van der Waals surface area contributed by atoms with Gasteiger partial charge >= 0.3 is 6.09 Å². The molecule has 0 aliphatic carbocycles. The number of amides is 5. The second-order valence-electron chi connectivity index (χ2n) is 21.8. The standard InChI is InChI=1S/C33H37ClN8O4.C28H29ClN8O2/c1-21(30(43)36-19-26-16-27(34)11-12-28(26)42-20-37-39-40-42)38-31(44)29-17-24(13-15-41(29)32(45)46-33(2,3)4)22-7-9-23(10-8-22)25-6-5-14-35-18-25;1-18(27(38)32-16-23-13-24(29)8-9-26(23)37-17-33-35-36-37)34-28(39)25-14-21(10-12-31-25)19-4-6-20(7-5-19)22-3-2-11-30-15-22/h5-12,14,16,18,20-21,24,29H,13,15,17,19H2,1-4H3,(H,36,43)(H,38,44);2-9,11,13,15,17-18,21,25,31H,10,12,14,16H2,1H3,(H,32,38)(H,34,39)/t21-,24-,29+;18-,21-,25+/m00/s1. The molecule has 5 N–H and O–H groups in total. The van der Waals surface area contributed by atoms with Crippen LogP contribution in [-0.2, 0) is 37.0 Å². The van der Waals surface area contributed by atoms with Gasteiger partial charge in [0.2, 0.25) is 23.6 Å². The second-order valence-corrected chi connectivity index (χ2v) is 22.7. The Morgan fingerprint density at radius 1 is 0.635 bits per heavy atom. The Morgan fingerprint density at radius 2 is 1.13 bits per heavy atom. The van der Waals surface area contributed by atoms with Crippen LogP contribution >= 0.6 is 23.2 Å². The van der Waals surface area contributed by atoms with Crippen LogP contribution in [0.1, 0.15) is 94.4 Å². The highest BCUT2D eigenvalue weighted by Crippen LogP contribution is 2.35. The van der Waals surface area contributed by atoms with Gasteiger partial charge in [-0.15, -0.1) is 10.2 Å². The number of piperidine rings is 2. The number of nitrogens with one attached hydrogen (secondary N) is 5. The summed E-state index contributed by atoms with van der Waals surface area (Å²) in [5, 5.41) is 38.2.